The quantitative estimate of drug-likeness (QED) is 0.839. The molecule has 2 rings (SSSR count). The van der Waals surface area contributed by atoms with Gasteiger partial charge in [0, 0.05) is 25.8 Å². The lowest BCUT2D eigenvalue weighted by atomic mass is 10.1. The molecular weight excluding hydrogens is 332 g/mol. The first-order valence-corrected chi connectivity index (χ1v) is 8.71. The minimum atomic E-state index is -3.55. The van der Waals surface area contributed by atoms with E-state index in [1.54, 1.807) is 13.2 Å². The van der Waals surface area contributed by atoms with Gasteiger partial charge in [0.05, 0.1) is 16.0 Å². The molecule has 0 spiro atoms. The summed E-state index contributed by atoms with van der Waals surface area (Å²) in [5.74, 6) is 0. The van der Waals surface area contributed by atoms with Gasteiger partial charge in [-0.3, -0.25) is 0 Å². The van der Waals surface area contributed by atoms with Crippen molar-refractivity contribution in [2.45, 2.75) is 23.8 Å². The molecule has 1 aromatic carbocycles. The number of methoxy groups -OCH3 is 1. The van der Waals surface area contributed by atoms with Gasteiger partial charge in [-0.1, -0.05) is 23.8 Å². The van der Waals surface area contributed by atoms with Crippen molar-refractivity contribution < 1.29 is 13.2 Å². The first-order chi connectivity index (χ1) is 9.86. The molecule has 0 radical (unpaired) electrons. The lowest BCUT2D eigenvalue weighted by Gasteiger charge is -2.30. The molecule has 116 valence electrons. The number of rotatable bonds is 4. The first-order valence-electron chi connectivity index (χ1n) is 6.48. The van der Waals surface area contributed by atoms with Crippen molar-refractivity contribution in [3.05, 3.63) is 28.8 Å². The third-order valence-corrected chi connectivity index (χ3v) is 6.01. The minimum absolute atomic E-state index is 0.122. The lowest BCUT2D eigenvalue weighted by molar-refractivity contribution is 0.0604. The zero-order valence-electron chi connectivity index (χ0n) is 11.6. The Balaban J connectivity index is 2.24. The van der Waals surface area contributed by atoms with Crippen LogP contribution in [0.1, 0.15) is 18.4 Å². The fraction of sp³-hybridized carbons (Fsp3) is 0.462. The Morgan fingerprint density at radius 1 is 1.43 bits per heavy atom. The van der Waals surface area contributed by atoms with Gasteiger partial charge in [-0.2, -0.15) is 4.31 Å². The van der Waals surface area contributed by atoms with E-state index in [4.69, 9.17) is 34.3 Å². The molecule has 1 saturated heterocycles. The van der Waals surface area contributed by atoms with Gasteiger partial charge >= 0.3 is 0 Å². The van der Waals surface area contributed by atoms with Crippen LogP contribution in [0.3, 0.4) is 0 Å². The molecule has 0 atom stereocenters. The van der Waals surface area contributed by atoms with E-state index in [-0.39, 0.29) is 21.0 Å². The molecule has 0 amide bonds. The summed E-state index contributed by atoms with van der Waals surface area (Å²) in [6.07, 6.45) is 1.50. The molecule has 1 aliphatic heterocycles. The number of hydrogen-bond donors (Lipinski definition) is 1. The number of piperidine rings is 1. The number of halogens is 1. The summed E-state index contributed by atoms with van der Waals surface area (Å²) < 4.78 is 31.9. The van der Waals surface area contributed by atoms with Gasteiger partial charge in [0.1, 0.15) is 4.99 Å². The van der Waals surface area contributed by atoms with Crippen molar-refractivity contribution >= 4 is 38.8 Å². The summed E-state index contributed by atoms with van der Waals surface area (Å²) in [6.45, 7) is 0.880. The average Bonchev–Trinajstić information content (AvgIpc) is 2.46. The second-order valence-electron chi connectivity index (χ2n) is 4.85. The molecular formula is C13H17ClN2O3S2. The number of ether oxygens (including phenoxy) is 1. The number of sulfonamides is 1. The van der Waals surface area contributed by atoms with Crippen molar-refractivity contribution in [1.82, 2.24) is 4.31 Å². The van der Waals surface area contributed by atoms with Crippen LogP contribution in [0.15, 0.2) is 23.1 Å². The molecule has 5 nitrogen and oxygen atoms in total. The third-order valence-electron chi connectivity index (χ3n) is 3.58. The van der Waals surface area contributed by atoms with Crippen molar-refractivity contribution in [2.24, 2.45) is 5.73 Å². The Kier molecular flexibility index (Phi) is 5.21. The second kappa shape index (κ2) is 6.58. The maximum absolute atomic E-state index is 12.6. The molecule has 8 heteroatoms. The van der Waals surface area contributed by atoms with E-state index in [2.05, 4.69) is 0 Å². The van der Waals surface area contributed by atoms with Crippen LogP contribution in [0.4, 0.5) is 0 Å². The second-order valence-corrected chi connectivity index (χ2v) is 7.63. The van der Waals surface area contributed by atoms with Crippen LogP contribution in [0, 0.1) is 0 Å². The van der Waals surface area contributed by atoms with Crippen LogP contribution in [-0.2, 0) is 14.8 Å². The van der Waals surface area contributed by atoms with Crippen molar-refractivity contribution in [1.29, 1.82) is 0 Å². The monoisotopic (exact) mass is 348 g/mol. The van der Waals surface area contributed by atoms with Gasteiger partial charge in [-0.15, -0.1) is 0 Å². The summed E-state index contributed by atoms with van der Waals surface area (Å²) in [4.78, 5) is 0.299. The molecule has 0 aromatic heterocycles. The summed E-state index contributed by atoms with van der Waals surface area (Å²) in [5, 5.41) is 0.246. The van der Waals surface area contributed by atoms with Gasteiger partial charge in [0.2, 0.25) is 10.0 Å². The van der Waals surface area contributed by atoms with Gasteiger partial charge in [-0.25, -0.2) is 8.42 Å². The summed E-state index contributed by atoms with van der Waals surface area (Å²) in [5.41, 5.74) is 6.00. The fourth-order valence-electron chi connectivity index (χ4n) is 2.31. The highest BCUT2D eigenvalue weighted by molar-refractivity contribution is 7.89. The van der Waals surface area contributed by atoms with E-state index in [1.165, 1.54) is 16.4 Å². The molecule has 0 saturated carbocycles. The minimum Gasteiger partial charge on any atom is -0.389 e. The van der Waals surface area contributed by atoms with Crippen LogP contribution < -0.4 is 5.73 Å². The van der Waals surface area contributed by atoms with Crippen LogP contribution in [0.2, 0.25) is 5.02 Å². The smallest absolute Gasteiger partial charge is 0.243 e. The Bertz CT molecular complexity index is 641. The largest absolute Gasteiger partial charge is 0.389 e. The Morgan fingerprint density at radius 3 is 2.52 bits per heavy atom. The van der Waals surface area contributed by atoms with Crippen molar-refractivity contribution in [3.8, 4) is 0 Å². The van der Waals surface area contributed by atoms with Gasteiger partial charge < -0.3 is 10.5 Å². The third kappa shape index (κ3) is 3.54. The maximum Gasteiger partial charge on any atom is 0.243 e. The van der Waals surface area contributed by atoms with Crippen LogP contribution in [0.5, 0.6) is 0 Å². The number of nitrogens with two attached hydrogens (primary N) is 1. The maximum atomic E-state index is 12.6. The van der Waals surface area contributed by atoms with Crippen molar-refractivity contribution in [3.63, 3.8) is 0 Å². The van der Waals surface area contributed by atoms with E-state index in [1.807, 2.05) is 0 Å². The molecule has 0 bridgehead atoms. The predicted octanol–water partition coefficient (Wildman–Crippen LogP) is 1.77. The van der Waals surface area contributed by atoms with E-state index in [9.17, 15) is 8.42 Å². The van der Waals surface area contributed by atoms with Crippen LogP contribution in [-0.4, -0.2) is 44.0 Å². The van der Waals surface area contributed by atoms with Gasteiger partial charge in [0.15, 0.2) is 0 Å². The normalized spacial score (nSPS) is 17.8. The van der Waals surface area contributed by atoms with E-state index in [0.717, 1.165) is 0 Å². The number of hydrogen-bond acceptors (Lipinski definition) is 4. The highest BCUT2D eigenvalue weighted by Gasteiger charge is 2.29. The number of benzene rings is 1. The molecule has 2 N–H and O–H groups in total. The van der Waals surface area contributed by atoms with E-state index < -0.39 is 10.0 Å². The molecule has 0 aliphatic carbocycles. The van der Waals surface area contributed by atoms with E-state index >= 15 is 0 Å². The Morgan fingerprint density at radius 2 is 2.05 bits per heavy atom. The van der Waals surface area contributed by atoms with E-state index in [0.29, 0.717) is 31.5 Å². The van der Waals surface area contributed by atoms with Crippen LogP contribution in [0.25, 0.3) is 0 Å². The highest BCUT2D eigenvalue weighted by atomic mass is 35.5. The van der Waals surface area contributed by atoms with Crippen LogP contribution >= 0.6 is 23.8 Å². The molecule has 21 heavy (non-hydrogen) atoms. The zero-order chi connectivity index (χ0) is 15.6. The highest BCUT2D eigenvalue weighted by Crippen LogP contribution is 2.25. The first kappa shape index (κ1) is 16.6. The number of nitrogens with zero attached hydrogens (tertiary/aromatic N) is 1. The molecule has 1 aliphatic rings. The van der Waals surface area contributed by atoms with Gasteiger partial charge in [-0.05, 0) is 31.0 Å². The van der Waals surface area contributed by atoms with Crippen molar-refractivity contribution in [2.75, 3.05) is 20.2 Å². The van der Waals surface area contributed by atoms with Gasteiger partial charge in [0.25, 0.3) is 0 Å². The fourth-order valence-corrected chi connectivity index (χ4v) is 4.39. The Hall–Kier alpha value is -0.730. The lowest BCUT2D eigenvalue weighted by Crippen LogP contribution is -2.40. The zero-order valence-corrected chi connectivity index (χ0v) is 14.0. The molecule has 1 aromatic rings. The summed E-state index contributed by atoms with van der Waals surface area (Å²) >= 11 is 10.9. The topological polar surface area (TPSA) is 72.6 Å². The summed E-state index contributed by atoms with van der Waals surface area (Å²) in [6, 6.07) is 4.42. The molecule has 0 unspecified atom stereocenters. The summed E-state index contributed by atoms with van der Waals surface area (Å²) in [7, 11) is -1.91. The molecule has 1 heterocycles. The standard InChI is InChI=1S/C13H17ClN2O3S2/c1-19-9-4-6-16(7-5-9)21(17,18)10-2-3-11(13(15)20)12(14)8-10/h2-3,8-9H,4-7H2,1H3,(H2,15,20). The predicted molar refractivity (Wildman–Crippen MR) is 86.1 cm³/mol. The number of thiocarbonyl (C=S) groups is 1. The SMILES string of the molecule is COC1CCN(S(=O)(=O)c2ccc(C(N)=S)c(Cl)c2)CC1. The Labute approximate surface area is 135 Å². The average molecular weight is 349 g/mol. The molecule has 1 fully saturated rings.